The highest BCUT2D eigenvalue weighted by atomic mass is 35.5. The molecule has 0 aliphatic rings. The summed E-state index contributed by atoms with van der Waals surface area (Å²) in [4.78, 5) is 12.2. The van der Waals surface area contributed by atoms with Gasteiger partial charge in [-0.3, -0.25) is 4.79 Å². The molecule has 0 aliphatic carbocycles. The number of anilines is 1. The van der Waals surface area contributed by atoms with E-state index < -0.39 is 22.7 Å². The molecule has 0 aliphatic heterocycles. The standard InChI is InChI=1S/C24H17Cl3F3NO3/c1-33-22-11-14(5-9-21(22)34-13-16-18(25)3-2-4-19(16)26)6-10-23(32)31-15-7-8-20(27)17(12-15)24(28,29)30/h2-12H,13H2,1H3,(H,31,32). The Morgan fingerprint density at radius 2 is 1.68 bits per heavy atom. The molecule has 3 aromatic carbocycles. The molecule has 0 heterocycles. The van der Waals surface area contributed by atoms with Crippen molar-refractivity contribution in [3.8, 4) is 11.5 Å². The molecule has 1 N–H and O–H groups in total. The molecule has 1 amide bonds. The molecule has 0 saturated carbocycles. The Bertz CT molecular complexity index is 1210. The van der Waals surface area contributed by atoms with Gasteiger partial charge in [-0.05, 0) is 54.1 Å². The van der Waals surface area contributed by atoms with Gasteiger partial charge in [-0.2, -0.15) is 13.2 Å². The number of rotatable bonds is 7. The average Bonchev–Trinajstić information content (AvgIpc) is 2.78. The average molecular weight is 531 g/mol. The largest absolute Gasteiger partial charge is 0.493 e. The Kier molecular flexibility index (Phi) is 8.36. The summed E-state index contributed by atoms with van der Waals surface area (Å²) in [7, 11) is 1.46. The molecule has 0 bridgehead atoms. The fourth-order valence-electron chi connectivity index (χ4n) is 2.90. The maximum absolute atomic E-state index is 13.0. The summed E-state index contributed by atoms with van der Waals surface area (Å²) >= 11 is 17.9. The van der Waals surface area contributed by atoms with Gasteiger partial charge in [0.2, 0.25) is 5.91 Å². The van der Waals surface area contributed by atoms with Crippen molar-refractivity contribution in [2.24, 2.45) is 0 Å². The summed E-state index contributed by atoms with van der Waals surface area (Å²) in [6.45, 7) is 0.119. The van der Waals surface area contributed by atoms with Crippen LogP contribution in [0.1, 0.15) is 16.7 Å². The molecular weight excluding hydrogens is 514 g/mol. The van der Waals surface area contributed by atoms with Crippen molar-refractivity contribution in [3.63, 3.8) is 0 Å². The van der Waals surface area contributed by atoms with Crippen molar-refractivity contribution in [1.29, 1.82) is 0 Å². The second-order valence-electron chi connectivity index (χ2n) is 6.91. The molecule has 0 atom stereocenters. The quantitative estimate of drug-likeness (QED) is 0.316. The van der Waals surface area contributed by atoms with Crippen LogP contribution in [0.2, 0.25) is 15.1 Å². The zero-order chi connectivity index (χ0) is 24.9. The topological polar surface area (TPSA) is 47.6 Å². The Hall–Kier alpha value is -2.87. The first kappa shape index (κ1) is 25.7. The summed E-state index contributed by atoms with van der Waals surface area (Å²) in [6.07, 6.45) is -1.97. The number of carbonyl (C=O) groups is 1. The molecule has 0 radical (unpaired) electrons. The van der Waals surface area contributed by atoms with Crippen LogP contribution in [0.5, 0.6) is 11.5 Å². The highest BCUT2D eigenvalue weighted by Gasteiger charge is 2.33. The van der Waals surface area contributed by atoms with Gasteiger partial charge in [0.05, 0.1) is 17.7 Å². The molecule has 178 valence electrons. The fraction of sp³-hybridized carbons (Fsp3) is 0.125. The molecule has 3 rings (SSSR count). The van der Waals surface area contributed by atoms with Crippen molar-refractivity contribution >= 4 is 52.5 Å². The van der Waals surface area contributed by atoms with Crippen molar-refractivity contribution in [3.05, 3.63) is 92.4 Å². The van der Waals surface area contributed by atoms with Gasteiger partial charge in [-0.1, -0.05) is 46.9 Å². The SMILES string of the molecule is COc1cc(C=CC(=O)Nc2ccc(Cl)c(C(F)(F)F)c2)ccc1OCc1c(Cl)cccc1Cl. The predicted octanol–water partition coefficient (Wildman–Crippen LogP) is 7.91. The lowest BCUT2D eigenvalue weighted by Gasteiger charge is -2.13. The summed E-state index contributed by atoms with van der Waals surface area (Å²) in [5.74, 6) is 0.210. The first-order chi connectivity index (χ1) is 16.1. The van der Waals surface area contributed by atoms with Crippen molar-refractivity contribution in [2.75, 3.05) is 12.4 Å². The molecule has 0 unspecified atom stereocenters. The molecule has 0 saturated heterocycles. The molecule has 0 aromatic heterocycles. The number of alkyl halides is 3. The lowest BCUT2D eigenvalue weighted by Crippen LogP contribution is -2.11. The van der Waals surface area contributed by atoms with Crippen LogP contribution in [0.25, 0.3) is 6.08 Å². The number of hydrogen-bond acceptors (Lipinski definition) is 3. The summed E-state index contributed by atoms with van der Waals surface area (Å²) in [5.41, 5.74) is 0.159. The van der Waals surface area contributed by atoms with Gasteiger partial charge in [-0.15, -0.1) is 0 Å². The van der Waals surface area contributed by atoms with E-state index in [0.29, 0.717) is 32.7 Å². The highest BCUT2D eigenvalue weighted by Crippen LogP contribution is 2.36. The number of ether oxygens (including phenoxy) is 2. The number of halogens is 6. The molecule has 10 heteroatoms. The van der Waals surface area contributed by atoms with E-state index in [1.54, 1.807) is 36.4 Å². The third kappa shape index (κ3) is 6.59. The van der Waals surface area contributed by atoms with Crippen molar-refractivity contribution < 1.29 is 27.4 Å². The molecule has 0 fully saturated rings. The van der Waals surface area contributed by atoms with Crippen LogP contribution in [0, 0.1) is 0 Å². The smallest absolute Gasteiger partial charge is 0.417 e. The number of methoxy groups -OCH3 is 1. The van der Waals surface area contributed by atoms with Crippen LogP contribution in [0.3, 0.4) is 0 Å². The number of nitrogens with one attached hydrogen (secondary N) is 1. The maximum Gasteiger partial charge on any atom is 0.417 e. The number of hydrogen-bond donors (Lipinski definition) is 1. The highest BCUT2D eigenvalue weighted by molar-refractivity contribution is 6.36. The summed E-state index contributed by atoms with van der Waals surface area (Å²) in [5, 5.41) is 2.87. The lowest BCUT2D eigenvalue weighted by molar-refractivity contribution is -0.137. The summed E-state index contributed by atoms with van der Waals surface area (Å²) < 4.78 is 50.1. The van der Waals surface area contributed by atoms with Crippen molar-refractivity contribution in [2.45, 2.75) is 12.8 Å². The van der Waals surface area contributed by atoms with Crippen LogP contribution < -0.4 is 14.8 Å². The van der Waals surface area contributed by atoms with Crippen LogP contribution >= 0.6 is 34.8 Å². The second-order valence-corrected chi connectivity index (χ2v) is 8.14. The van der Waals surface area contributed by atoms with E-state index in [0.717, 1.165) is 12.1 Å². The number of amides is 1. The Morgan fingerprint density at radius 1 is 0.971 bits per heavy atom. The first-order valence-corrected chi connectivity index (χ1v) is 10.8. The van der Waals surface area contributed by atoms with Gasteiger partial charge in [0.25, 0.3) is 0 Å². The maximum atomic E-state index is 13.0. The Balaban J connectivity index is 1.69. The molecule has 34 heavy (non-hydrogen) atoms. The minimum atomic E-state index is -4.63. The van der Waals surface area contributed by atoms with Crippen molar-refractivity contribution in [1.82, 2.24) is 0 Å². The van der Waals surface area contributed by atoms with Crippen LogP contribution in [-0.4, -0.2) is 13.0 Å². The number of benzene rings is 3. The van der Waals surface area contributed by atoms with Gasteiger partial charge in [0, 0.05) is 27.4 Å². The van der Waals surface area contributed by atoms with E-state index in [4.69, 9.17) is 44.3 Å². The third-order valence-corrected chi connectivity index (χ3v) is 5.63. The van der Waals surface area contributed by atoms with E-state index in [9.17, 15) is 18.0 Å². The van der Waals surface area contributed by atoms with Crippen LogP contribution in [0.4, 0.5) is 18.9 Å². The number of carbonyl (C=O) groups excluding carboxylic acids is 1. The van der Waals surface area contributed by atoms with Gasteiger partial charge in [-0.25, -0.2) is 0 Å². The fourth-order valence-corrected chi connectivity index (χ4v) is 3.63. The minimum Gasteiger partial charge on any atom is -0.493 e. The molecule has 0 spiro atoms. The lowest BCUT2D eigenvalue weighted by atomic mass is 10.1. The summed E-state index contributed by atoms with van der Waals surface area (Å²) in [6, 6.07) is 13.2. The predicted molar refractivity (Wildman–Crippen MR) is 128 cm³/mol. The van der Waals surface area contributed by atoms with Gasteiger partial charge < -0.3 is 14.8 Å². The molecule has 3 aromatic rings. The van der Waals surface area contributed by atoms with E-state index in [2.05, 4.69) is 5.32 Å². The minimum absolute atomic E-state index is 0.0362. The van der Waals surface area contributed by atoms with Gasteiger partial charge in [0.15, 0.2) is 11.5 Å². The van der Waals surface area contributed by atoms with Crippen LogP contribution in [0.15, 0.2) is 60.7 Å². The van der Waals surface area contributed by atoms with Gasteiger partial charge >= 0.3 is 6.18 Å². The zero-order valence-corrected chi connectivity index (χ0v) is 19.8. The monoisotopic (exact) mass is 529 g/mol. The van der Waals surface area contributed by atoms with E-state index in [1.807, 2.05) is 0 Å². The third-order valence-electron chi connectivity index (χ3n) is 4.59. The normalized spacial score (nSPS) is 11.5. The first-order valence-electron chi connectivity index (χ1n) is 9.68. The van der Waals surface area contributed by atoms with E-state index in [-0.39, 0.29) is 12.3 Å². The van der Waals surface area contributed by atoms with E-state index in [1.165, 1.54) is 25.3 Å². The van der Waals surface area contributed by atoms with E-state index >= 15 is 0 Å². The zero-order valence-electron chi connectivity index (χ0n) is 17.6. The van der Waals surface area contributed by atoms with Crippen LogP contribution in [-0.2, 0) is 17.6 Å². The molecule has 4 nitrogen and oxygen atoms in total. The molecular formula is C24H17Cl3F3NO3. The Morgan fingerprint density at radius 3 is 2.32 bits per heavy atom. The second kappa shape index (κ2) is 11.0. The Labute approximate surface area is 208 Å². The van der Waals surface area contributed by atoms with Gasteiger partial charge in [0.1, 0.15) is 6.61 Å².